The molecule has 6 heteroatoms. The number of esters is 1. The number of ether oxygens (including phenoxy) is 1. The maximum Gasteiger partial charge on any atom is 0.337 e. The first-order valence-corrected chi connectivity index (χ1v) is 7.31. The fraction of sp³-hybridized carbons (Fsp3) is 0.125. The van der Waals surface area contributed by atoms with Crippen LogP contribution in [0.3, 0.4) is 0 Å². The van der Waals surface area contributed by atoms with Crippen LogP contribution >= 0.6 is 23.8 Å². The molecule has 0 spiro atoms. The molecule has 2 aromatic carbocycles. The highest BCUT2D eigenvalue weighted by Crippen LogP contribution is 2.20. The highest BCUT2D eigenvalue weighted by molar-refractivity contribution is 7.80. The lowest BCUT2D eigenvalue weighted by molar-refractivity contribution is 0.0601. The summed E-state index contributed by atoms with van der Waals surface area (Å²) in [5.74, 6) is -0.374. The van der Waals surface area contributed by atoms with Crippen molar-refractivity contribution >= 4 is 46.3 Å². The van der Waals surface area contributed by atoms with Gasteiger partial charge in [-0.15, -0.1) is 0 Å². The number of anilines is 2. The fourth-order valence-electron chi connectivity index (χ4n) is 1.77. The molecule has 0 heterocycles. The molecule has 0 aliphatic carbocycles. The van der Waals surface area contributed by atoms with Crippen LogP contribution in [0.2, 0.25) is 5.02 Å². The number of hydrogen-bond donors (Lipinski definition) is 2. The van der Waals surface area contributed by atoms with Gasteiger partial charge in [0.05, 0.1) is 12.7 Å². The van der Waals surface area contributed by atoms with Crippen LogP contribution < -0.4 is 10.6 Å². The number of carbonyl (C=O) groups is 1. The van der Waals surface area contributed by atoms with E-state index in [-0.39, 0.29) is 5.97 Å². The number of halogens is 1. The zero-order valence-electron chi connectivity index (χ0n) is 12.1. The predicted octanol–water partition coefficient (Wildman–Crippen LogP) is 4.24. The van der Waals surface area contributed by atoms with Crippen LogP contribution in [0.15, 0.2) is 42.5 Å². The van der Waals surface area contributed by atoms with Gasteiger partial charge in [0.15, 0.2) is 5.11 Å². The Labute approximate surface area is 139 Å². The van der Waals surface area contributed by atoms with Gasteiger partial charge in [-0.3, -0.25) is 0 Å². The summed E-state index contributed by atoms with van der Waals surface area (Å²) in [6.45, 7) is 1.94. The molecule has 0 unspecified atom stereocenters. The van der Waals surface area contributed by atoms with E-state index in [1.165, 1.54) is 7.11 Å². The quantitative estimate of drug-likeness (QED) is 0.649. The molecule has 0 amide bonds. The molecule has 0 atom stereocenters. The molecule has 22 heavy (non-hydrogen) atoms. The van der Waals surface area contributed by atoms with E-state index in [4.69, 9.17) is 23.8 Å². The minimum Gasteiger partial charge on any atom is -0.465 e. The predicted molar refractivity (Wildman–Crippen MR) is 93.8 cm³/mol. The van der Waals surface area contributed by atoms with Gasteiger partial charge in [-0.2, -0.15) is 0 Å². The molecule has 0 bridgehead atoms. The number of thiocarbonyl (C=S) groups is 1. The number of rotatable bonds is 3. The molecule has 0 saturated carbocycles. The second-order valence-corrected chi connectivity index (χ2v) is 5.43. The maximum absolute atomic E-state index is 11.4. The van der Waals surface area contributed by atoms with Crippen LogP contribution in [0, 0.1) is 6.92 Å². The van der Waals surface area contributed by atoms with Gasteiger partial charge >= 0.3 is 5.97 Å². The van der Waals surface area contributed by atoms with Crippen LogP contribution in [0.1, 0.15) is 15.9 Å². The second-order valence-electron chi connectivity index (χ2n) is 4.61. The van der Waals surface area contributed by atoms with E-state index in [0.29, 0.717) is 15.7 Å². The first-order valence-electron chi connectivity index (χ1n) is 6.52. The molecule has 0 aliphatic heterocycles. The number of aryl methyl sites for hydroxylation is 1. The van der Waals surface area contributed by atoms with Crippen molar-refractivity contribution in [3.8, 4) is 0 Å². The molecule has 0 fully saturated rings. The van der Waals surface area contributed by atoms with E-state index in [0.717, 1.165) is 16.9 Å². The lowest BCUT2D eigenvalue weighted by Gasteiger charge is -2.11. The number of methoxy groups -OCH3 is 1. The first kappa shape index (κ1) is 16.3. The van der Waals surface area contributed by atoms with Crippen molar-refractivity contribution in [3.63, 3.8) is 0 Å². The SMILES string of the molecule is COC(=O)c1ccc(NC(=S)Nc2ccc(C)c(Cl)c2)cc1. The second kappa shape index (κ2) is 7.24. The Hall–Kier alpha value is -2.11. The average molecular weight is 335 g/mol. The number of benzene rings is 2. The Morgan fingerprint density at radius 1 is 1.09 bits per heavy atom. The van der Waals surface area contributed by atoms with Gasteiger partial charge in [0.1, 0.15) is 0 Å². The third-order valence-electron chi connectivity index (χ3n) is 2.99. The van der Waals surface area contributed by atoms with Crippen LogP contribution in [-0.2, 0) is 4.74 Å². The molecule has 4 nitrogen and oxygen atoms in total. The Bertz CT molecular complexity index is 702. The molecule has 0 aliphatic rings. The minimum atomic E-state index is -0.374. The summed E-state index contributed by atoms with van der Waals surface area (Å²) in [6, 6.07) is 12.5. The van der Waals surface area contributed by atoms with E-state index >= 15 is 0 Å². The summed E-state index contributed by atoms with van der Waals surface area (Å²) in [5.41, 5.74) is 3.06. The smallest absolute Gasteiger partial charge is 0.337 e. The lowest BCUT2D eigenvalue weighted by atomic mass is 10.2. The van der Waals surface area contributed by atoms with E-state index in [2.05, 4.69) is 15.4 Å². The van der Waals surface area contributed by atoms with Gasteiger partial charge in [0.25, 0.3) is 0 Å². The Morgan fingerprint density at radius 2 is 1.68 bits per heavy atom. The number of nitrogens with one attached hydrogen (secondary N) is 2. The standard InChI is InChI=1S/C16H15ClN2O2S/c1-10-3-6-13(9-14(10)17)19-16(22)18-12-7-4-11(5-8-12)15(20)21-2/h3-9H,1-2H3,(H2,18,19,22). The molecule has 2 N–H and O–H groups in total. The molecule has 2 aromatic rings. The zero-order chi connectivity index (χ0) is 16.1. The van der Waals surface area contributed by atoms with Crippen LogP contribution in [0.25, 0.3) is 0 Å². The molecule has 114 valence electrons. The van der Waals surface area contributed by atoms with Crippen molar-refractivity contribution in [2.75, 3.05) is 17.7 Å². The number of hydrogen-bond acceptors (Lipinski definition) is 3. The topological polar surface area (TPSA) is 50.4 Å². The zero-order valence-corrected chi connectivity index (χ0v) is 13.7. The summed E-state index contributed by atoms with van der Waals surface area (Å²) in [4.78, 5) is 11.4. The van der Waals surface area contributed by atoms with E-state index < -0.39 is 0 Å². The van der Waals surface area contributed by atoms with Crippen LogP contribution in [0.5, 0.6) is 0 Å². The molecular formula is C16H15ClN2O2S. The van der Waals surface area contributed by atoms with Crippen molar-refractivity contribution in [3.05, 3.63) is 58.6 Å². The van der Waals surface area contributed by atoms with Crippen molar-refractivity contribution in [1.82, 2.24) is 0 Å². The van der Waals surface area contributed by atoms with Gasteiger partial charge in [0, 0.05) is 16.4 Å². The monoisotopic (exact) mass is 334 g/mol. The van der Waals surface area contributed by atoms with Crippen molar-refractivity contribution < 1.29 is 9.53 Å². The molecule has 0 radical (unpaired) electrons. The normalized spacial score (nSPS) is 9.95. The van der Waals surface area contributed by atoms with Crippen LogP contribution in [-0.4, -0.2) is 18.2 Å². The van der Waals surface area contributed by atoms with Gasteiger partial charge in [-0.1, -0.05) is 17.7 Å². The summed E-state index contributed by atoms with van der Waals surface area (Å²) in [5, 5.41) is 7.20. The maximum atomic E-state index is 11.4. The molecule has 0 aromatic heterocycles. The molecule has 2 rings (SSSR count). The Morgan fingerprint density at radius 3 is 2.27 bits per heavy atom. The van der Waals surface area contributed by atoms with Crippen molar-refractivity contribution in [2.45, 2.75) is 6.92 Å². The summed E-state index contributed by atoms with van der Waals surface area (Å²) in [7, 11) is 1.35. The molecular weight excluding hydrogens is 320 g/mol. The van der Waals surface area contributed by atoms with Gasteiger partial charge in [0.2, 0.25) is 0 Å². The largest absolute Gasteiger partial charge is 0.465 e. The van der Waals surface area contributed by atoms with E-state index in [1.54, 1.807) is 24.3 Å². The van der Waals surface area contributed by atoms with Crippen molar-refractivity contribution in [1.29, 1.82) is 0 Å². The lowest BCUT2D eigenvalue weighted by Crippen LogP contribution is -2.19. The van der Waals surface area contributed by atoms with Gasteiger partial charge < -0.3 is 15.4 Å². The minimum absolute atomic E-state index is 0.374. The fourth-order valence-corrected chi connectivity index (χ4v) is 2.19. The summed E-state index contributed by atoms with van der Waals surface area (Å²) in [6.07, 6.45) is 0. The van der Waals surface area contributed by atoms with Crippen molar-refractivity contribution in [2.24, 2.45) is 0 Å². The Balaban J connectivity index is 1.99. The first-order chi connectivity index (χ1) is 10.5. The third-order valence-corrected chi connectivity index (χ3v) is 3.60. The van der Waals surface area contributed by atoms with E-state index in [1.807, 2.05) is 25.1 Å². The Kier molecular flexibility index (Phi) is 5.35. The highest BCUT2D eigenvalue weighted by Gasteiger charge is 2.05. The average Bonchev–Trinajstić information content (AvgIpc) is 2.51. The van der Waals surface area contributed by atoms with Gasteiger partial charge in [-0.05, 0) is 61.1 Å². The van der Waals surface area contributed by atoms with Crippen LogP contribution in [0.4, 0.5) is 11.4 Å². The summed E-state index contributed by atoms with van der Waals surface area (Å²) >= 11 is 11.3. The number of carbonyl (C=O) groups excluding carboxylic acids is 1. The highest BCUT2D eigenvalue weighted by atomic mass is 35.5. The van der Waals surface area contributed by atoms with Gasteiger partial charge in [-0.25, -0.2) is 4.79 Å². The summed E-state index contributed by atoms with van der Waals surface area (Å²) < 4.78 is 4.65. The van der Waals surface area contributed by atoms with E-state index in [9.17, 15) is 4.79 Å². The third kappa shape index (κ3) is 4.19. The molecule has 0 saturated heterocycles.